The Morgan fingerprint density at radius 3 is 2.86 bits per heavy atom. The summed E-state index contributed by atoms with van der Waals surface area (Å²) in [6, 6.07) is 9.11. The van der Waals surface area contributed by atoms with Crippen LogP contribution in [0.3, 0.4) is 0 Å². The van der Waals surface area contributed by atoms with E-state index in [9.17, 15) is 0 Å². The first-order valence-corrected chi connectivity index (χ1v) is 8.20. The average Bonchev–Trinajstić information content (AvgIpc) is 2.98. The number of nitrogens with one attached hydrogen (secondary N) is 4. The van der Waals surface area contributed by atoms with E-state index in [0.29, 0.717) is 6.01 Å². The third-order valence-corrected chi connectivity index (χ3v) is 4.69. The van der Waals surface area contributed by atoms with E-state index in [1.807, 2.05) is 24.3 Å². The second kappa shape index (κ2) is 5.96. The Morgan fingerprint density at radius 1 is 1.23 bits per heavy atom. The van der Waals surface area contributed by atoms with E-state index in [1.54, 1.807) is 4.90 Å². The van der Waals surface area contributed by atoms with Gasteiger partial charge in [0.05, 0.1) is 6.04 Å². The number of benzene rings is 1. The maximum Gasteiger partial charge on any atom is 0.365 e. The number of anilines is 1. The van der Waals surface area contributed by atoms with Crippen LogP contribution >= 0.6 is 0 Å². The third kappa shape index (κ3) is 2.78. The molecular weight excluding hydrogens is 278 g/mol. The van der Waals surface area contributed by atoms with Crippen molar-refractivity contribution >= 4 is 23.1 Å². The van der Waals surface area contributed by atoms with E-state index < -0.39 is 0 Å². The summed E-state index contributed by atoms with van der Waals surface area (Å²) in [6.45, 7) is 1.89. The zero-order valence-corrected chi connectivity index (χ0v) is 12.7. The highest BCUT2D eigenvalue weighted by Crippen LogP contribution is 2.17. The fourth-order valence-corrected chi connectivity index (χ4v) is 3.45. The van der Waals surface area contributed by atoms with Crippen LogP contribution in [0, 0.1) is 0 Å². The van der Waals surface area contributed by atoms with Crippen molar-refractivity contribution in [1.29, 1.82) is 0 Å². The molecule has 1 atom stereocenters. The summed E-state index contributed by atoms with van der Waals surface area (Å²) in [7, 11) is 0. The second-order valence-electron chi connectivity index (χ2n) is 6.19. The summed E-state index contributed by atoms with van der Waals surface area (Å²) in [5.74, 6) is 0.881. The Labute approximate surface area is 129 Å². The summed E-state index contributed by atoms with van der Waals surface area (Å²) in [5, 5.41) is 6.61. The highest BCUT2D eigenvalue weighted by atomic mass is 16.4. The molecule has 6 heteroatoms. The monoisotopic (exact) mass is 301 g/mol. The zero-order chi connectivity index (χ0) is 14.8. The molecule has 0 saturated heterocycles. The van der Waals surface area contributed by atoms with Crippen molar-refractivity contribution in [2.75, 3.05) is 18.7 Å². The molecule has 4 rings (SSSR count). The highest BCUT2D eigenvalue weighted by Gasteiger charge is 2.29. The Morgan fingerprint density at radius 2 is 2.09 bits per heavy atom. The van der Waals surface area contributed by atoms with Crippen LogP contribution in [-0.4, -0.2) is 30.3 Å². The molecule has 116 valence electrons. The molecule has 2 heterocycles. The van der Waals surface area contributed by atoms with Crippen LogP contribution in [0.1, 0.15) is 32.1 Å². The van der Waals surface area contributed by atoms with Gasteiger partial charge in [0.15, 0.2) is 18.9 Å². The lowest BCUT2D eigenvalue weighted by Gasteiger charge is -2.30. The Bertz CT molecular complexity index is 641. The van der Waals surface area contributed by atoms with E-state index in [4.69, 9.17) is 4.42 Å². The van der Waals surface area contributed by atoms with Crippen molar-refractivity contribution in [1.82, 2.24) is 10.3 Å². The highest BCUT2D eigenvalue weighted by molar-refractivity contribution is 5.88. The van der Waals surface area contributed by atoms with E-state index in [2.05, 4.69) is 20.6 Å². The SMILES string of the molecule is c1ccc2oc(NC3=[NH+]C[NH+](C4CCCCC4)CN3)nc2c1. The summed E-state index contributed by atoms with van der Waals surface area (Å²) in [5.41, 5.74) is 1.67. The van der Waals surface area contributed by atoms with Gasteiger partial charge in [-0.25, -0.2) is 10.3 Å². The molecule has 1 aromatic carbocycles. The first-order valence-electron chi connectivity index (χ1n) is 8.20. The van der Waals surface area contributed by atoms with Crippen molar-refractivity contribution < 1.29 is 14.3 Å². The van der Waals surface area contributed by atoms with Gasteiger partial charge < -0.3 is 4.42 Å². The molecule has 6 nitrogen and oxygen atoms in total. The zero-order valence-electron chi connectivity index (χ0n) is 12.7. The molecule has 1 fully saturated rings. The van der Waals surface area contributed by atoms with Crippen molar-refractivity contribution in [3.63, 3.8) is 0 Å². The van der Waals surface area contributed by atoms with Crippen LogP contribution in [-0.2, 0) is 0 Å². The first-order chi connectivity index (χ1) is 10.9. The smallest absolute Gasteiger partial charge is 0.365 e. The molecule has 2 aliphatic rings. The quantitative estimate of drug-likeness (QED) is 0.599. The minimum Gasteiger partial charge on any atom is -0.412 e. The molecule has 22 heavy (non-hydrogen) atoms. The Hall–Kier alpha value is -2.08. The Balaban J connectivity index is 1.40. The minimum atomic E-state index is 0.525. The molecule has 1 aliphatic heterocycles. The fourth-order valence-electron chi connectivity index (χ4n) is 3.45. The number of para-hydroxylation sites is 2. The lowest BCUT2D eigenvalue weighted by Crippen LogP contribution is -3.26. The van der Waals surface area contributed by atoms with Gasteiger partial charge in [-0.05, 0) is 37.8 Å². The van der Waals surface area contributed by atoms with Crippen molar-refractivity contribution in [3.05, 3.63) is 24.3 Å². The third-order valence-electron chi connectivity index (χ3n) is 4.69. The molecule has 2 aromatic rings. The number of nitrogens with zero attached hydrogens (tertiary/aromatic N) is 1. The number of fused-ring (bicyclic) bond motifs is 1. The van der Waals surface area contributed by atoms with E-state index >= 15 is 0 Å². The number of aromatic nitrogens is 1. The van der Waals surface area contributed by atoms with Crippen molar-refractivity contribution in [3.8, 4) is 0 Å². The van der Waals surface area contributed by atoms with E-state index in [0.717, 1.165) is 36.4 Å². The normalized spacial score (nSPS) is 23.1. The first kappa shape index (κ1) is 13.6. The van der Waals surface area contributed by atoms with Crippen molar-refractivity contribution in [2.45, 2.75) is 38.1 Å². The van der Waals surface area contributed by atoms with Gasteiger partial charge in [0, 0.05) is 0 Å². The summed E-state index contributed by atoms with van der Waals surface area (Å²) < 4.78 is 5.68. The lowest BCUT2D eigenvalue weighted by atomic mass is 9.94. The number of hydrogen-bond acceptors (Lipinski definition) is 4. The van der Waals surface area contributed by atoms with Gasteiger partial charge in [0.1, 0.15) is 5.52 Å². The molecule has 1 aromatic heterocycles. The lowest BCUT2D eigenvalue weighted by molar-refractivity contribution is -1.00. The molecule has 4 N–H and O–H groups in total. The van der Waals surface area contributed by atoms with E-state index in [1.165, 1.54) is 32.1 Å². The molecule has 0 bridgehead atoms. The van der Waals surface area contributed by atoms with Gasteiger partial charge in [-0.2, -0.15) is 10.3 Å². The molecule has 0 spiro atoms. The predicted molar refractivity (Wildman–Crippen MR) is 84.3 cm³/mol. The molecule has 0 amide bonds. The topological polar surface area (TPSA) is 68.5 Å². The number of rotatable bonds is 2. The fraction of sp³-hybridized carbons (Fsp3) is 0.500. The van der Waals surface area contributed by atoms with Gasteiger partial charge in [0.25, 0.3) is 0 Å². The molecular formula is C16H23N5O+2. The number of quaternary nitrogens is 1. The van der Waals surface area contributed by atoms with Gasteiger partial charge in [-0.3, -0.25) is 4.90 Å². The molecule has 1 aliphatic carbocycles. The van der Waals surface area contributed by atoms with Crippen LogP contribution in [0.4, 0.5) is 6.01 Å². The van der Waals surface area contributed by atoms with Gasteiger partial charge >= 0.3 is 12.0 Å². The maximum absolute atomic E-state index is 5.68. The van der Waals surface area contributed by atoms with Crippen LogP contribution in [0.5, 0.6) is 0 Å². The number of hydrogen-bond donors (Lipinski definition) is 4. The second-order valence-corrected chi connectivity index (χ2v) is 6.19. The predicted octanol–water partition coefficient (Wildman–Crippen LogP) is -0.588. The summed E-state index contributed by atoms with van der Waals surface area (Å²) >= 11 is 0. The standard InChI is InChI=1S/C16H21N5O/c1-2-6-12(7-3-1)21-10-17-15(18-11-21)20-16-19-13-8-4-5-9-14(13)22-16/h4-5,8-9,12H,1-3,6-7,10-11H2,(H2,17,18,19,20)/p+2. The van der Waals surface area contributed by atoms with Crippen LogP contribution in [0.25, 0.3) is 11.1 Å². The average molecular weight is 301 g/mol. The molecule has 1 unspecified atom stereocenters. The van der Waals surface area contributed by atoms with Crippen LogP contribution < -0.4 is 20.5 Å². The number of guanidine groups is 1. The van der Waals surface area contributed by atoms with E-state index in [-0.39, 0.29) is 0 Å². The van der Waals surface area contributed by atoms with Crippen LogP contribution in [0.2, 0.25) is 0 Å². The summed E-state index contributed by atoms with van der Waals surface area (Å²) in [6.07, 6.45) is 6.87. The molecule has 1 saturated carbocycles. The van der Waals surface area contributed by atoms with Gasteiger partial charge in [-0.1, -0.05) is 18.6 Å². The van der Waals surface area contributed by atoms with Crippen LogP contribution in [0.15, 0.2) is 28.7 Å². The van der Waals surface area contributed by atoms with Crippen molar-refractivity contribution in [2.24, 2.45) is 0 Å². The Kier molecular flexibility index (Phi) is 3.68. The largest absolute Gasteiger partial charge is 0.412 e. The molecule has 0 radical (unpaired) electrons. The van der Waals surface area contributed by atoms with Gasteiger partial charge in [-0.15, -0.1) is 0 Å². The van der Waals surface area contributed by atoms with Gasteiger partial charge in [0.2, 0.25) is 0 Å². The number of oxazole rings is 1. The summed E-state index contributed by atoms with van der Waals surface area (Å²) in [4.78, 5) is 9.45. The maximum atomic E-state index is 5.68. The minimum absolute atomic E-state index is 0.525.